The van der Waals surface area contributed by atoms with Crippen LogP contribution >= 0.6 is 11.6 Å². The van der Waals surface area contributed by atoms with Gasteiger partial charge in [0.15, 0.2) is 5.78 Å². The summed E-state index contributed by atoms with van der Waals surface area (Å²) in [5, 5.41) is 4.87. The zero-order valence-corrected chi connectivity index (χ0v) is 17.4. The molecule has 4 nitrogen and oxygen atoms in total. The zero-order valence-electron chi connectivity index (χ0n) is 16.6. The Morgan fingerprint density at radius 3 is 2.50 bits per heavy atom. The molecular formula is C21H27ClN2O2. The molecule has 140 valence electrons. The first-order chi connectivity index (χ1) is 12.2. The number of rotatable bonds is 6. The van der Waals surface area contributed by atoms with Crippen molar-refractivity contribution in [3.8, 4) is 5.88 Å². The Morgan fingerprint density at radius 2 is 1.92 bits per heavy atom. The van der Waals surface area contributed by atoms with Gasteiger partial charge in [-0.25, -0.2) is 4.68 Å². The monoisotopic (exact) mass is 374 g/mol. The van der Waals surface area contributed by atoms with Gasteiger partial charge in [0.1, 0.15) is 5.56 Å². The van der Waals surface area contributed by atoms with Crippen LogP contribution in [-0.4, -0.2) is 21.7 Å². The molecule has 0 spiro atoms. The number of benzene rings is 1. The van der Waals surface area contributed by atoms with E-state index in [4.69, 9.17) is 16.3 Å². The standard InChI is InChI=1S/C21H27ClN2O2/c1-8-13(4)26-21-17(11-23-24(21)7)20(25)16-9-10-18(22)19(15(16)6)14(5)12(2)3/h9-11,13H,8H2,1-7H3. The van der Waals surface area contributed by atoms with Gasteiger partial charge in [-0.05, 0) is 69.9 Å². The van der Waals surface area contributed by atoms with E-state index in [1.807, 2.05) is 41.5 Å². The van der Waals surface area contributed by atoms with Gasteiger partial charge in [-0.3, -0.25) is 4.79 Å². The largest absolute Gasteiger partial charge is 0.474 e. The molecular weight excluding hydrogens is 348 g/mol. The van der Waals surface area contributed by atoms with Crippen LogP contribution in [0.1, 0.15) is 68.1 Å². The lowest BCUT2D eigenvalue weighted by Gasteiger charge is -2.16. The van der Waals surface area contributed by atoms with Crippen molar-refractivity contribution in [3.63, 3.8) is 0 Å². The fourth-order valence-corrected chi connectivity index (χ4v) is 3.12. The van der Waals surface area contributed by atoms with E-state index in [-0.39, 0.29) is 11.9 Å². The maximum absolute atomic E-state index is 13.2. The third-order valence-corrected chi connectivity index (χ3v) is 5.12. The highest BCUT2D eigenvalue weighted by Crippen LogP contribution is 2.33. The highest BCUT2D eigenvalue weighted by atomic mass is 35.5. The summed E-state index contributed by atoms with van der Waals surface area (Å²) < 4.78 is 7.54. The lowest BCUT2D eigenvalue weighted by Crippen LogP contribution is -2.15. The van der Waals surface area contributed by atoms with Gasteiger partial charge in [0.05, 0.1) is 12.3 Å². The second kappa shape index (κ2) is 8.09. The van der Waals surface area contributed by atoms with Crippen LogP contribution in [0.25, 0.3) is 5.57 Å². The normalized spacial score (nSPS) is 12.0. The summed E-state index contributed by atoms with van der Waals surface area (Å²) in [5.74, 6) is 0.396. The maximum atomic E-state index is 13.2. The van der Waals surface area contributed by atoms with Gasteiger partial charge in [-0.15, -0.1) is 0 Å². The molecule has 2 aromatic rings. The lowest BCUT2D eigenvalue weighted by molar-refractivity contribution is 0.103. The SMILES string of the molecule is CCC(C)Oc1c(C(=O)c2ccc(Cl)c(C(C)=C(C)C)c2C)cnn1C. The summed E-state index contributed by atoms with van der Waals surface area (Å²) in [5.41, 5.74) is 5.14. The van der Waals surface area contributed by atoms with Crippen LogP contribution in [0, 0.1) is 6.92 Å². The van der Waals surface area contributed by atoms with E-state index in [1.54, 1.807) is 30.1 Å². The van der Waals surface area contributed by atoms with Crippen molar-refractivity contribution in [1.82, 2.24) is 9.78 Å². The van der Waals surface area contributed by atoms with Crippen molar-refractivity contribution >= 4 is 23.0 Å². The Labute approximate surface area is 160 Å². The number of aryl methyl sites for hydroxylation is 1. The minimum Gasteiger partial charge on any atom is -0.474 e. The molecule has 1 heterocycles. The van der Waals surface area contributed by atoms with Gasteiger partial charge in [0.25, 0.3) is 0 Å². The number of nitrogens with zero attached hydrogens (tertiary/aromatic N) is 2. The molecule has 0 radical (unpaired) electrons. The third kappa shape index (κ3) is 3.85. The average molecular weight is 375 g/mol. The molecule has 1 aromatic carbocycles. The van der Waals surface area contributed by atoms with E-state index >= 15 is 0 Å². The van der Waals surface area contributed by atoms with Crippen LogP contribution < -0.4 is 4.74 Å². The fourth-order valence-electron chi connectivity index (χ4n) is 2.78. The van der Waals surface area contributed by atoms with Crippen molar-refractivity contribution in [2.75, 3.05) is 0 Å². The van der Waals surface area contributed by atoms with Crippen molar-refractivity contribution in [1.29, 1.82) is 0 Å². The number of carbonyl (C=O) groups excluding carboxylic acids is 1. The number of ether oxygens (including phenoxy) is 1. The first kappa shape index (κ1) is 20.2. The highest BCUT2D eigenvalue weighted by Gasteiger charge is 2.23. The minimum absolute atomic E-state index is 0.00624. The predicted molar refractivity (Wildman–Crippen MR) is 107 cm³/mol. The summed E-state index contributed by atoms with van der Waals surface area (Å²) in [6.45, 7) is 12.1. The molecule has 0 bridgehead atoms. The summed E-state index contributed by atoms with van der Waals surface area (Å²) in [6, 6.07) is 3.57. The van der Waals surface area contributed by atoms with E-state index in [9.17, 15) is 4.79 Å². The predicted octanol–water partition coefficient (Wildman–Crippen LogP) is 5.60. The Morgan fingerprint density at radius 1 is 1.27 bits per heavy atom. The van der Waals surface area contributed by atoms with E-state index in [0.717, 1.165) is 23.1 Å². The number of allylic oxidation sites excluding steroid dienone is 2. The van der Waals surface area contributed by atoms with Gasteiger partial charge >= 0.3 is 0 Å². The molecule has 0 aliphatic rings. The summed E-state index contributed by atoms with van der Waals surface area (Å²) in [6.07, 6.45) is 2.43. The summed E-state index contributed by atoms with van der Waals surface area (Å²) in [4.78, 5) is 13.2. The Balaban J connectivity index is 2.56. The Kier molecular flexibility index (Phi) is 6.30. The molecule has 0 saturated carbocycles. The van der Waals surface area contributed by atoms with Crippen molar-refractivity contribution in [2.45, 2.75) is 54.1 Å². The van der Waals surface area contributed by atoms with Gasteiger partial charge in [0.2, 0.25) is 5.88 Å². The highest BCUT2D eigenvalue weighted by molar-refractivity contribution is 6.32. The first-order valence-corrected chi connectivity index (χ1v) is 9.23. The van der Waals surface area contributed by atoms with Gasteiger partial charge < -0.3 is 4.74 Å². The topological polar surface area (TPSA) is 44.1 Å². The van der Waals surface area contributed by atoms with Crippen LogP contribution in [0.4, 0.5) is 0 Å². The molecule has 1 unspecified atom stereocenters. The maximum Gasteiger partial charge on any atom is 0.223 e. The third-order valence-electron chi connectivity index (χ3n) is 4.80. The average Bonchev–Trinajstić information content (AvgIpc) is 2.94. The van der Waals surface area contributed by atoms with Crippen LogP contribution in [0.2, 0.25) is 5.02 Å². The smallest absolute Gasteiger partial charge is 0.223 e. The molecule has 0 amide bonds. The lowest BCUT2D eigenvalue weighted by atomic mass is 9.92. The quantitative estimate of drug-likeness (QED) is 0.618. The fraction of sp³-hybridized carbons (Fsp3) is 0.429. The molecule has 0 fully saturated rings. The Hall–Kier alpha value is -2.07. The molecule has 0 aliphatic heterocycles. The molecule has 5 heteroatoms. The second-order valence-electron chi connectivity index (χ2n) is 6.87. The van der Waals surface area contributed by atoms with E-state index in [2.05, 4.69) is 5.10 Å². The summed E-state index contributed by atoms with van der Waals surface area (Å²) >= 11 is 6.43. The molecule has 2 rings (SSSR count). The minimum atomic E-state index is -0.103. The number of halogens is 1. The molecule has 0 aliphatic carbocycles. The Bertz CT molecular complexity index is 861. The van der Waals surface area contributed by atoms with Gasteiger partial charge in [-0.2, -0.15) is 5.10 Å². The molecule has 1 aromatic heterocycles. The van der Waals surface area contributed by atoms with Gasteiger partial charge in [-0.1, -0.05) is 24.1 Å². The van der Waals surface area contributed by atoms with Gasteiger partial charge in [0, 0.05) is 17.6 Å². The second-order valence-corrected chi connectivity index (χ2v) is 7.28. The number of aromatic nitrogens is 2. The molecule has 1 atom stereocenters. The van der Waals surface area contributed by atoms with E-state index in [1.165, 1.54) is 5.57 Å². The molecule has 0 saturated heterocycles. The van der Waals surface area contributed by atoms with Crippen molar-refractivity contribution in [3.05, 3.63) is 51.2 Å². The van der Waals surface area contributed by atoms with E-state index < -0.39 is 0 Å². The zero-order chi connectivity index (χ0) is 19.6. The van der Waals surface area contributed by atoms with Crippen molar-refractivity contribution in [2.24, 2.45) is 7.05 Å². The van der Waals surface area contributed by atoms with Crippen LogP contribution in [0.3, 0.4) is 0 Å². The molecule has 0 N–H and O–H groups in total. The number of hydrogen-bond donors (Lipinski definition) is 0. The van der Waals surface area contributed by atoms with Crippen LogP contribution in [0.5, 0.6) is 5.88 Å². The summed E-state index contributed by atoms with van der Waals surface area (Å²) in [7, 11) is 1.78. The van der Waals surface area contributed by atoms with Crippen LogP contribution in [-0.2, 0) is 7.05 Å². The molecule has 26 heavy (non-hydrogen) atoms. The van der Waals surface area contributed by atoms with Crippen molar-refractivity contribution < 1.29 is 9.53 Å². The first-order valence-electron chi connectivity index (χ1n) is 8.85. The van der Waals surface area contributed by atoms with Crippen LogP contribution in [0.15, 0.2) is 23.9 Å². The number of ketones is 1. The number of carbonyl (C=O) groups is 1. The van der Waals surface area contributed by atoms with E-state index in [0.29, 0.717) is 22.0 Å². The number of hydrogen-bond acceptors (Lipinski definition) is 3.